The van der Waals surface area contributed by atoms with Gasteiger partial charge in [-0.1, -0.05) is 0 Å². The molecule has 0 aliphatic rings. The summed E-state index contributed by atoms with van der Waals surface area (Å²) in [7, 11) is 0. The summed E-state index contributed by atoms with van der Waals surface area (Å²) in [6, 6.07) is 0. The molecule has 0 fully saturated rings. The van der Waals surface area contributed by atoms with E-state index in [-0.39, 0.29) is 89.1 Å². The van der Waals surface area contributed by atoms with Gasteiger partial charge in [0.05, 0.1) is 0 Å². The minimum atomic E-state index is -6.02. The average molecular weight is 364 g/mol. The van der Waals surface area contributed by atoms with Crippen molar-refractivity contribution in [2.24, 2.45) is 0 Å². The van der Waals surface area contributed by atoms with Crippen LogP contribution in [0.5, 0.6) is 0 Å². The van der Waals surface area contributed by atoms with Crippen molar-refractivity contribution in [3.8, 4) is 0 Å². The summed E-state index contributed by atoms with van der Waals surface area (Å²) >= 11 is -6.02. The van der Waals surface area contributed by atoms with E-state index in [0.29, 0.717) is 0 Å². The van der Waals surface area contributed by atoms with Crippen LogP contribution < -0.4 is 71.2 Å². The summed E-state index contributed by atoms with van der Waals surface area (Å²) in [5.74, 6) is 0. The van der Waals surface area contributed by atoms with E-state index in [0.717, 1.165) is 0 Å². The molecule has 0 aromatic carbocycles. The molecular formula is H10IKMoN2O4. The zero-order chi connectivity index (χ0) is 4.50. The molecule has 0 aliphatic heterocycles. The fourth-order valence-corrected chi connectivity index (χ4v) is 0. The Balaban J connectivity index is -0.00000000800. The molecule has 0 aromatic heterocycles. The molecule has 58 valence electrons. The number of halogens is 1. The molecular weight excluding hydrogens is 354 g/mol. The second kappa shape index (κ2) is 13.1. The quantitative estimate of drug-likeness (QED) is 0.331. The molecule has 9 heavy (non-hydrogen) atoms. The van der Waals surface area contributed by atoms with Crippen molar-refractivity contribution in [3.05, 3.63) is 0 Å². The van der Waals surface area contributed by atoms with E-state index in [1.165, 1.54) is 0 Å². The fraction of sp³-hybridized carbons (Fsp3) is 0. The molecule has 0 spiro atoms. The summed E-state index contributed by atoms with van der Waals surface area (Å²) < 4.78 is 34.5. The zero-order valence-electron chi connectivity index (χ0n) is 6.45. The molecule has 9 heteroatoms. The maximum atomic E-state index is 8.63. The summed E-state index contributed by atoms with van der Waals surface area (Å²) in [5.41, 5.74) is 0. The van der Waals surface area contributed by atoms with E-state index in [2.05, 4.69) is 0 Å². The Hall–Kier alpha value is 2.49. The van der Waals surface area contributed by atoms with E-state index in [9.17, 15) is 0 Å². The first-order chi connectivity index (χ1) is 2.00. The van der Waals surface area contributed by atoms with Crippen LogP contribution in [0.3, 0.4) is 0 Å². The van der Waals surface area contributed by atoms with Gasteiger partial charge in [-0.3, -0.25) is 0 Å². The Bertz CT molecular complexity index is 106. The van der Waals surface area contributed by atoms with Crippen molar-refractivity contribution in [1.82, 2.24) is 12.3 Å². The van der Waals surface area contributed by atoms with Crippen LogP contribution in [0.4, 0.5) is 0 Å². The van der Waals surface area contributed by atoms with Gasteiger partial charge in [0.15, 0.2) is 0 Å². The first-order valence-corrected chi connectivity index (χ1v) is 3.94. The van der Waals surface area contributed by atoms with Crippen LogP contribution in [0, 0.1) is 0 Å². The average Bonchev–Trinajstić information content (AvgIpc) is 0.722. The van der Waals surface area contributed by atoms with Crippen LogP contribution in [0.15, 0.2) is 0 Å². The molecule has 8 N–H and O–H groups in total. The van der Waals surface area contributed by atoms with E-state index in [4.69, 9.17) is 14.3 Å². The molecule has 0 atom stereocenters. The Labute approximate surface area is 118 Å². The van der Waals surface area contributed by atoms with Crippen molar-refractivity contribution >= 4 is 24.0 Å². The van der Waals surface area contributed by atoms with Gasteiger partial charge in [-0.2, -0.15) is 0 Å². The Kier molecular flexibility index (Phi) is 43.7. The third-order valence-corrected chi connectivity index (χ3v) is 0. The van der Waals surface area contributed by atoms with E-state index in [1.807, 2.05) is 0 Å². The van der Waals surface area contributed by atoms with Crippen LogP contribution in [0.1, 0.15) is 1.43 Å². The predicted molar refractivity (Wildman–Crippen MR) is 29.9 cm³/mol. The van der Waals surface area contributed by atoms with Gasteiger partial charge in [0.25, 0.3) is 0 Å². The van der Waals surface area contributed by atoms with Gasteiger partial charge >= 0.3 is 82.4 Å². The number of hydrogen-bond donors (Lipinski definition) is 2. The Morgan fingerprint density at radius 3 is 1.11 bits per heavy atom. The van der Waals surface area contributed by atoms with Crippen LogP contribution in [-0.2, 0) is 23.5 Å². The summed E-state index contributed by atoms with van der Waals surface area (Å²) in [5, 5.41) is 0. The van der Waals surface area contributed by atoms with Gasteiger partial charge in [-0.15, -0.1) is 24.0 Å². The first-order valence-electron chi connectivity index (χ1n) is 0.667. The van der Waals surface area contributed by atoms with Gasteiger partial charge in [0, 0.05) is 0 Å². The molecule has 0 saturated carbocycles. The SMILES string of the molecule is I.[H-].[K+].[NH4+].[NH4+].[O]=[Mo](=[O])([O-])[O-]. The molecule has 0 bridgehead atoms. The van der Waals surface area contributed by atoms with Crippen LogP contribution in [0.25, 0.3) is 0 Å². The van der Waals surface area contributed by atoms with Crippen molar-refractivity contribution in [3.63, 3.8) is 0 Å². The van der Waals surface area contributed by atoms with Crippen LogP contribution in [0.2, 0.25) is 0 Å². The van der Waals surface area contributed by atoms with Crippen molar-refractivity contribution in [1.29, 1.82) is 0 Å². The molecule has 0 unspecified atom stereocenters. The van der Waals surface area contributed by atoms with Gasteiger partial charge in [-0.05, 0) is 0 Å². The summed E-state index contributed by atoms with van der Waals surface area (Å²) in [6.07, 6.45) is 0. The molecule has 0 rings (SSSR count). The third kappa shape index (κ3) is 122. The van der Waals surface area contributed by atoms with Gasteiger partial charge in [-0.25, -0.2) is 0 Å². The number of hydrogen-bond acceptors (Lipinski definition) is 4. The second-order valence-corrected chi connectivity index (χ2v) is 2.42. The number of quaternary nitrogens is 2. The zero-order valence-corrected chi connectivity index (χ0v) is 12.9. The normalized spacial score (nSPS) is 6.44. The predicted octanol–water partition coefficient (Wildman–Crippen LogP) is -4.13. The monoisotopic (exact) mass is 366 g/mol. The molecule has 0 aromatic rings. The molecule has 0 amide bonds. The van der Waals surface area contributed by atoms with Crippen LogP contribution in [-0.4, -0.2) is 0 Å². The molecule has 6 nitrogen and oxygen atoms in total. The van der Waals surface area contributed by atoms with E-state index >= 15 is 0 Å². The first kappa shape index (κ1) is 30.0. The fourth-order valence-electron chi connectivity index (χ4n) is 0. The van der Waals surface area contributed by atoms with Crippen LogP contribution >= 0.6 is 24.0 Å². The summed E-state index contributed by atoms with van der Waals surface area (Å²) in [6.45, 7) is 0. The van der Waals surface area contributed by atoms with Gasteiger partial charge in [0.2, 0.25) is 0 Å². The second-order valence-electron chi connectivity index (χ2n) is 0.408. The third-order valence-electron chi connectivity index (χ3n) is 0. The summed E-state index contributed by atoms with van der Waals surface area (Å²) in [4.78, 5) is 0. The van der Waals surface area contributed by atoms with E-state index in [1.54, 1.807) is 0 Å². The topological polar surface area (TPSA) is 153 Å². The van der Waals surface area contributed by atoms with Crippen molar-refractivity contribution in [2.75, 3.05) is 0 Å². The molecule has 0 aliphatic carbocycles. The number of rotatable bonds is 0. The molecule has 0 saturated heterocycles. The van der Waals surface area contributed by atoms with E-state index < -0.39 is 16.7 Å². The maximum absolute atomic E-state index is 8.63. The van der Waals surface area contributed by atoms with Gasteiger partial charge in [0.1, 0.15) is 0 Å². The van der Waals surface area contributed by atoms with Gasteiger partial charge < -0.3 is 13.7 Å². The standard InChI is InChI=1S/HI.K.Mo.2H3N.4O.H/h1H;;;2*1H3;;;;;/q;+1;;;;;;3*-1/p+2. The minimum absolute atomic E-state index is 0. The Morgan fingerprint density at radius 1 is 1.11 bits per heavy atom. The van der Waals surface area contributed by atoms with Crippen molar-refractivity contribution < 1.29 is 83.9 Å². The Morgan fingerprint density at radius 2 is 1.11 bits per heavy atom. The molecule has 0 heterocycles. The van der Waals surface area contributed by atoms with Crippen molar-refractivity contribution in [2.45, 2.75) is 0 Å². The molecule has 0 radical (unpaired) electrons.